The quantitative estimate of drug-likeness (QED) is 0.597. The molecule has 1 aromatic rings. The zero-order valence-corrected chi connectivity index (χ0v) is 11.1. The van der Waals surface area contributed by atoms with Gasteiger partial charge in [0.15, 0.2) is 0 Å². The summed E-state index contributed by atoms with van der Waals surface area (Å²) in [5.41, 5.74) is 7.08. The monoisotopic (exact) mass is 241 g/mol. The second-order valence-electron chi connectivity index (χ2n) is 4.05. The van der Waals surface area contributed by atoms with Crippen LogP contribution in [0, 0.1) is 19.3 Å². The minimum Gasteiger partial charge on any atom is -0.299 e. The summed E-state index contributed by atoms with van der Waals surface area (Å²) in [6.07, 6.45) is 5.06. The fourth-order valence-electron chi connectivity index (χ4n) is 1.44. The first kappa shape index (κ1) is 13.9. The zero-order chi connectivity index (χ0) is 13.5. The Labute approximate surface area is 108 Å². The number of rotatable bonds is 5. The van der Waals surface area contributed by atoms with E-state index in [0.717, 1.165) is 11.3 Å². The first-order valence-corrected chi connectivity index (χ1v) is 5.83. The van der Waals surface area contributed by atoms with Gasteiger partial charge in [-0.25, -0.2) is 0 Å². The number of hydrogen-bond acceptors (Lipinski definition) is 3. The van der Waals surface area contributed by atoms with Gasteiger partial charge < -0.3 is 0 Å². The summed E-state index contributed by atoms with van der Waals surface area (Å²) in [5, 5.41) is 12.0. The molecule has 3 nitrogen and oxygen atoms in total. The summed E-state index contributed by atoms with van der Waals surface area (Å²) in [6.45, 7) is 9.59. The Balaban J connectivity index is 2.92. The number of benzene rings is 1. The molecule has 18 heavy (non-hydrogen) atoms. The molecule has 1 aromatic carbocycles. The molecule has 0 aliphatic carbocycles. The Morgan fingerprint density at radius 2 is 2.11 bits per heavy atom. The second kappa shape index (κ2) is 6.55. The van der Waals surface area contributed by atoms with Crippen LogP contribution in [0.25, 0.3) is 0 Å². The van der Waals surface area contributed by atoms with E-state index < -0.39 is 0 Å². The fourth-order valence-corrected chi connectivity index (χ4v) is 1.44. The fraction of sp³-hybridized carbons (Fsp3) is 0.200. The maximum Gasteiger partial charge on any atom is 0.108 e. The van der Waals surface area contributed by atoms with Crippen molar-refractivity contribution in [3.8, 4) is 0 Å². The Hall–Kier alpha value is -2.16. The molecule has 0 amide bonds. The molecule has 0 aromatic heterocycles. The number of aryl methyl sites for hydroxylation is 2. The van der Waals surface area contributed by atoms with Crippen LogP contribution < -0.4 is 5.43 Å². The van der Waals surface area contributed by atoms with Crippen LogP contribution in [-0.4, -0.2) is 11.4 Å². The Bertz CT molecular complexity index is 510. The number of nitrogens with one attached hydrogen (secondary N) is 2. The van der Waals surface area contributed by atoms with E-state index in [-0.39, 0.29) is 0 Å². The van der Waals surface area contributed by atoms with Crippen molar-refractivity contribution in [3.63, 3.8) is 0 Å². The molecule has 0 atom stereocenters. The lowest BCUT2D eigenvalue weighted by Crippen LogP contribution is -2.09. The Kier molecular flexibility index (Phi) is 5.06. The van der Waals surface area contributed by atoms with Crippen LogP contribution in [0.15, 0.2) is 48.1 Å². The minimum absolute atomic E-state index is 0.338. The van der Waals surface area contributed by atoms with Gasteiger partial charge in [-0.05, 0) is 50.1 Å². The molecule has 94 valence electrons. The van der Waals surface area contributed by atoms with Crippen LogP contribution in [0.4, 0.5) is 5.69 Å². The average Bonchev–Trinajstić information content (AvgIpc) is 2.34. The predicted molar refractivity (Wildman–Crippen MR) is 79.7 cm³/mol. The summed E-state index contributed by atoms with van der Waals surface area (Å²) in [6, 6.07) is 6.12. The predicted octanol–water partition coefficient (Wildman–Crippen LogP) is 3.85. The topological polar surface area (TPSA) is 48.2 Å². The maximum absolute atomic E-state index is 7.78. The summed E-state index contributed by atoms with van der Waals surface area (Å²) >= 11 is 0. The molecule has 0 heterocycles. The van der Waals surface area contributed by atoms with E-state index in [4.69, 9.17) is 5.41 Å². The summed E-state index contributed by atoms with van der Waals surface area (Å²) in [7, 11) is 0. The van der Waals surface area contributed by atoms with Crippen molar-refractivity contribution in [1.29, 1.82) is 5.41 Å². The van der Waals surface area contributed by atoms with Crippen LogP contribution in [-0.2, 0) is 0 Å². The van der Waals surface area contributed by atoms with Crippen molar-refractivity contribution in [3.05, 3.63) is 54.1 Å². The molecule has 0 fully saturated rings. The lowest BCUT2D eigenvalue weighted by Gasteiger charge is -2.07. The highest BCUT2D eigenvalue weighted by molar-refractivity contribution is 6.49. The maximum atomic E-state index is 7.78. The summed E-state index contributed by atoms with van der Waals surface area (Å²) in [5.74, 6) is 0. The van der Waals surface area contributed by atoms with Gasteiger partial charge in [0.05, 0.1) is 11.4 Å². The molecular formula is C15H19N3. The van der Waals surface area contributed by atoms with Crippen LogP contribution in [0.2, 0.25) is 0 Å². The van der Waals surface area contributed by atoms with Crippen molar-refractivity contribution < 1.29 is 0 Å². The van der Waals surface area contributed by atoms with Gasteiger partial charge in [-0.2, -0.15) is 5.10 Å². The first-order valence-electron chi connectivity index (χ1n) is 5.83. The van der Waals surface area contributed by atoms with Crippen LogP contribution in [0.5, 0.6) is 0 Å². The third-order valence-electron chi connectivity index (χ3n) is 2.49. The van der Waals surface area contributed by atoms with E-state index >= 15 is 0 Å². The van der Waals surface area contributed by atoms with E-state index in [1.807, 2.05) is 32.9 Å². The lowest BCUT2D eigenvalue weighted by molar-refractivity contribution is 1.29. The molecule has 0 aliphatic heterocycles. The summed E-state index contributed by atoms with van der Waals surface area (Å²) in [4.78, 5) is 0. The van der Waals surface area contributed by atoms with Crippen LogP contribution in [0.1, 0.15) is 18.1 Å². The molecule has 2 N–H and O–H groups in total. The van der Waals surface area contributed by atoms with E-state index in [9.17, 15) is 0 Å². The number of allylic oxidation sites excluding steroid dienone is 3. The molecule has 1 rings (SSSR count). The van der Waals surface area contributed by atoms with E-state index in [2.05, 4.69) is 23.2 Å². The highest BCUT2D eigenvalue weighted by atomic mass is 15.3. The average molecular weight is 241 g/mol. The Morgan fingerprint density at radius 3 is 2.72 bits per heavy atom. The first-order chi connectivity index (χ1) is 8.58. The van der Waals surface area contributed by atoms with Gasteiger partial charge in [0.25, 0.3) is 0 Å². The van der Waals surface area contributed by atoms with Gasteiger partial charge >= 0.3 is 0 Å². The second-order valence-corrected chi connectivity index (χ2v) is 4.05. The molecule has 0 unspecified atom stereocenters. The number of hydrogen-bond donors (Lipinski definition) is 2. The van der Waals surface area contributed by atoms with Gasteiger partial charge in [-0.1, -0.05) is 24.8 Å². The molecule has 0 saturated carbocycles. The van der Waals surface area contributed by atoms with Crippen molar-refractivity contribution in [2.45, 2.75) is 20.8 Å². The van der Waals surface area contributed by atoms with Crippen molar-refractivity contribution >= 4 is 17.1 Å². The zero-order valence-electron chi connectivity index (χ0n) is 11.1. The molecular weight excluding hydrogens is 222 g/mol. The minimum atomic E-state index is 0.338. The molecule has 3 heteroatoms. The van der Waals surface area contributed by atoms with Gasteiger partial charge in [-0.3, -0.25) is 10.8 Å². The molecule has 0 saturated heterocycles. The smallest absolute Gasteiger partial charge is 0.108 e. The highest BCUT2D eigenvalue weighted by Crippen LogP contribution is 2.16. The normalized spacial score (nSPS) is 11.6. The third-order valence-corrected chi connectivity index (χ3v) is 2.49. The standard InChI is InChI=1S/C15H19N3/c1-5-7-13(16)14(6-2)17-18-15-10-11(3)8-9-12(15)4/h5-10,16,18H,2H2,1,3-4H3/b7-5-,16-13?,17-14-. The van der Waals surface area contributed by atoms with Gasteiger partial charge in [0.1, 0.15) is 5.71 Å². The molecule has 0 aliphatic rings. The van der Waals surface area contributed by atoms with Gasteiger partial charge in [0.2, 0.25) is 0 Å². The van der Waals surface area contributed by atoms with Gasteiger partial charge in [-0.15, -0.1) is 0 Å². The molecule has 0 bridgehead atoms. The van der Waals surface area contributed by atoms with Crippen molar-refractivity contribution in [2.75, 3.05) is 5.43 Å². The van der Waals surface area contributed by atoms with E-state index in [1.54, 1.807) is 18.2 Å². The Morgan fingerprint density at radius 1 is 1.39 bits per heavy atom. The van der Waals surface area contributed by atoms with Crippen LogP contribution in [0.3, 0.4) is 0 Å². The van der Waals surface area contributed by atoms with Crippen molar-refractivity contribution in [1.82, 2.24) is 0 Å². The SMILES string of the molecule is C=C/C(=N/Nc1cc(C)ccc1C)C(=N)/C=C\C. The van der Waals surface area contributed by atoms with E-state index in [1.165, 1.54) is 5.56 Å². The summed E-state index contributed by atoms with van der Waals surface area (Å²) < 4.78 is 0. The van der Waals surface area contributed by atoms with Crippen molar-refractivity contribution in [2.24, 2.45) is 5.10 Å². The highest BCUT2D eigenvalue weighted by Gasteiger charge is 2.00. The number of anilines is 1. The largest absolute Gasteiger partial charge is 0.299 e. The van der Waals surface area contributed by atoms with Crippen LogP contribution >= 0.6 is 0 Å². The number of nitrogens with zero attached hydrogens (tertiary/aromatic N) is 1. The molecule has 0 spiro atoms. The van der Waals surface area contributed by atoms with Gasteiger partial charge in [0, 0.05) is 0 Å². The number of hydrazone groups is 1. The third kappa shape index (κ3) is 3.70. The van der Waals surface area contributed by atoms with E-state index in [0.29, 0.717) is 11.4 Å². The molecule has 0 radical (unpaired) electrons. The lowest BCUT2D eigenvalue weighted by atomic mass is 10.1.